The molecule has 138 valence electrons. The van der Waals surface area contributed by atoms with E-state index in [0.29, 0.717) is 24.0 Å². The van der Waals surface area contributed by atoms with Crippen molar-refractivity contribution in [3.63, 3.8) is 0 Å². The zero-order chi connectivity index (χ0) is 19.7. The molecule has 9 nitrogen and oxygen atoms in total. The van der Waals surface area contributed by atoms with Crippen LogP contribution in [0.4, 0.5) is 11.4 Å². The number of phenols is 1. The van der Waals surface area contributed by atoms with Crippen LogP contribution in [0.15, 0.2) is 35.9 Å². The molecule has 0 radical (unpaired) electrons. The number of ether oxygens (including phenoxy) is 1. The number of benzene rings is 2. The molecule has 0 bridgehead atoms. The highest BCUT2D eigenvalue weighted by Gasteiger charge is 2.30. The SMILES string of the molecule is COc1cc(C=C2CCc3cccc([N+](=O)[O-])c3C2=O)cc([N+](=O)[O-])c1O. The normalized spacial score (nSPS) is 14.7. The molecule has 1 N–H and O–H groups in total. The van der Waals surface area contributed by atoms with Crippen molar-refractivity contribution in [3.05, 3.63) is 72.8 Å². The first-order valence-electron chi connectivity index (χ1n) is 7.90. The maximum Gasteiger partial charge on any atom is 0.315 e. The van der Waals surface area contributed by atoms with Gasteiger partial charge in [0.05, 0.1) is 17.0 Å². The van der Waals surface area contributed by atoms with Crippen LogP contribution in [0.2, 0.25) is 0 Å². The first-order chi connectivity index (χ1) is 12.8. The van der Waals surface area contributed by atoms with Gasteiger partial charge in [-0.1, -0.05) is 12.1 Å². The third kappa shape index (κ3) is 3.22. The second-order valence-electron chi connectivity index (χ2n) is 5.92. The van der Waals surface area contributed by atoms with Gasteiger partial charge in [0.25, 0.3) is 5.69 Å². The number of ketones is 1. The Balaban J connectivity index is 2.10. The molecule has 0 aliphatic heterocycles. The fraction of sp³-hybridized carbons (Fsp3) is 0.167. The molecule has 0 fully saturated rings. The number of aromatic hydroxyl groups is 1. The van der Waals surface area contributed by atoms with Gasteiger partial charge in [-0.25, -0.2) is 0 Å². The molecule has 0 atom stereocenters. The van der Waals surface area contributed by atoms with Crippen LogP contribution in [0.3, 0.4) is 0 Å². The van der Waals surface area contributed by atoms with E-state index in [0.717, 1.165) is 6.07 Å². The second-order valence-corrected chi connectivity index (χ2v) is 5.92. The molecule has 0 saturated carbocycles. The third-order valence-electron chi connectivity index (χ3n) is 4.34. The highest BCUT2D eigenvalue weighted by Crippen LogP contribution is 2.38. The molecular weight excluding hydrogens is 356 g/mol. The van der Waals surface area contributed by atoms with Gasteiger partial charge in [-0.05, 0) is 36.1 Å². The number of hydrogen-bond acceptors (Lipinski definition) is 7. The molecular formula is C18H14N2O7. The van der Waals surface area contributed by atoms with Crippen molar-refractivity contribution in [2.45, 2.75) is 12.8 Å². The highest BCUT2D eigenvalue weighted by atomic mass is 16.6. The monoisotopic (exact) mass is 370 g/mol. The van der Waals surface area contributed by atoms with Gasteiger partial charge in [0, 0.05) is 17.7 Å². The van der Waals surface area contributed by atoms with Crippen LogP contribution in [0.5, 0.6) is 11.5 Å². The zero-order valence-electron chi connectivity index (χ0n) is 14.2. The van der Waals surface area contributed by atoms with Crippen molar-refractivity contribution in [3.8, 4) is 11.5 Å². The molecule has 0 saturated heterocycles. The summed E-state index contributed by atoms with van der Waals surface area (Å²) in [6.07, 6.45) is 2.20. The maximum atomic E-state index is 12.8. The lowest BCUT2D eigenvalue weighted by atomic mass is 9.85. The van der Waals surface area contributed by atoms with E-state index in [1.807, 2.05) is 0 Å². The molecule has 27 heavy (non-hydrogen) atoms. The highest BCUT2D eigenvalue weighted by molar-refractivity contribution is 6.15. The van der Waals surface area contributed by atoms with Gasteiger partial charge in [-0.3, -0.25) is 25.0 Å². The Labute approximate surface area is 152 Å². The molecule has 1 aliphatic rings. The number of Topliss-reactive ketones (excluding diaryl/α,β-unsaturated/α-hetero) is 1. The average Bonchev–Trinajstić information content (AvgIpc) is 2.64. The number of carbonyl (C=O) groups excluding carboxylic acids is 1. The second kappa shape index (κ2) is 6.87. The lowest BCUT2D eigenvalue weighted by molar-refractivity contribution is -0.386. The number of nitro groups is 2. The average molecular weight is 370 g/mol. The molecule has 1 aliphatic carbocycles. The lowest BCUT2D eigenvalue weighted by Gasteiger charge is -2.17. The summed E-state index contributed by atoms with van der Waals surface area (Å²) in [4.78, 5) is 33.8. The number of hydrogen-bond donors (Lipinski definition) is 1. The third-order valence-corrected chi connectivity index (χ3v) is 4.34. The van der Waals surface area contributed by atoms with Gasteiger partial charge in [0.15, 0.2) is 11.5 Å². The fourth-order valence-electron chi connectivity index (χ4n) is 3.08. The predicted octanol–water partition coefficient (Wildman–Crippen LogP) is 3.43. The summed E-state index contributed by atoms with van der Waals surface area (Å²) < 4.78 is 4.94. The summed E-state index contributed by atoms with van der Waals surface area (Å²) in [5.74, 6) is -1.20. The van der Waals surface area contributed by atoms with Crippen molar-refractivity contribution >= 4 is 23.2 Å². The van der Waals surface area contributed by atoms with Crippen LogP contribution in [-0.4, -0.2) is 27.8 Å². The minimum absolute atomic E-state index is 0.0419. The first-order valence-corrected chi connectivity index (χ1v) is 7.90. The van der Waals surface area contributed by atoms with Crippen molar-refractivity contribution < 1.29 is 24.5 Å². The van der Waals surface area contributed by atoms with Crippen LogP contribution < -0.4 is 4.74 Å². The molecule has 0 aromatic heterocycles. The number of nitrogens with zero attached hydrogens (tertiary/aromatic N) is 2. The zero-order valence-corrected chi connectivity index (χ0v) is 14.2. The van der Waals surface area contributed by atoms with Crippen LogP contribution in [-0.2, 0) is 6.42 Å². The van der Waals surface area contributed by atoms with E-state index >= 15 is 0 Å². The largest absolute Gasteiger partial charge is 0.500 e. The van der Waals surface area contributed by atoms with Gasteiger partial charge < -0.3 is 9.84 Å². The van der Waals surface area contributed by atoms with E-state index in [4.69, 9.17) is 4.74 Å². The summed E-state index contributed by atoms with van der Waals surface area (Å²) in [5, 5.41) is 32.2. The Hall–Kier alpha value is -3.75. The van der Waals surface area contributed by atoms with Crippen LogP contribution in [0, 0.1) is 20.2 Å². The van der Waals surface area contributed by atoms with Gasteiger partial charge in [0.2, 0.25) is 5.75 Å². The molecule has 9 heteroatoms. The maximum absolute atomic E-state index is 12.8. The topological polar surface area (TPSA) is 133 Å². The van der Waals surface area contributed by atoms with E-state index in [9.17, 15) is 30.1 Å². The minimum Gasteiger partial charge on any atom is -0.500 e. The summed E-state index contributed by atoms with van der Waals surface area (Å²) in [7, 11) is 1.25. The van der Waals surface area contributed by atoms with Crippen LogP contribution >= 0.6 is 0 Å². The summed E-state index contributed by atoms with van der Waals surface area (Å²) in [6, 6.07) is 6.96. The summed E-state index contributed by atoms with van der Waals surface area (Å²) in [6.45, 7) is 0. The standard InChI is InChI=1S/C18H14N2O7/c1-27-15-9-10(8-14(18(15)22)20(25)26)7-12-6-5-11-3-2-4-13(19(23)24)16(11)17(12)21/h2-4,7-9,22H,5-6H2,1H3. The number of allylic oxidation sites excluding steroid dienone is 1. The summed E-state index contributed by atoms with van der Waals surface area (Å²) >= 11 is 0. The van der Waals surface area contributed by atoms with E-state index in [1.54, 1.807) is 6.07 Å². The molecule has 0 heterocycles. The lowest BCUT2D eigenvalue weighted by Crippen LogP contribution is -2.16. The molecule has 2 aromatic carbocycles. The molecule has 0 amide bonds. The van der Waals surface area contributed by atoms with Crippen LogP contribution in [0.1, 0.15) is 27.9 Å². The number of nitro benzene ring substituents is 2. The number of methoxy groups -OCH3 is 1. The Kier molecular flexibility index (Phi) is 4.59. The molecule has 2 aromatic rings. The summed E-state index contributed by atoms with van der Waals surface area (Å²) in [5.41, 5.74) is 0.384. The van der Waals surface area contributed by atoms with Crippen molar-refractivity contribution in [1.29, 1.82) is 0 Å². The number of carbonyl (C=O) groups is 1. The van der Waals surface area contributed by atoms with Gasteiger partial charge in [0.1, 0.15) is 5.56 Å². The minimum atomic E-state index is -0.761. The number of rotatable bonds is 4. The Morgan fingerprint density at radius 3 is 2.44 bits per heavy atom. The fourth-order valence-corrected chi connectivity index (χ4v) is 3.08. The van der Waals surface area contributed by atoms with E-state index < -0.39 is 27.1 Å². The van der Waals surface area contributed by atoms with E-state index in [2.05, 4.69) is 0 Å². The van der Waals surface area contributed by atoms with Gasteiger partial charge in [-0.15, -0.1) is 0 Å². The Bertz CT molecular complexity index is 1010. The van der Waals surface area contributed by atoms with Crippen molar-refractivity contribution in [2.24, 2.45) is 0 Å². The number of fused-ring (bicyclic) bond motifs is 1. The van der Waals surface area contributed by atoms with Crippen molar-refractivity contribution in [1.82, 2.24) is 0 Å². The first kappa shape index (κ1) is 18.1. The van der Waals surface area contributed by atoms with E-state index in [1.165, 1.54) is 31.4 Å². The number of aryl methyl sites for hydroxylation is 1. The quantitative estimate of drug-likeness (QED) is 0.495. The van der Waals surface area contributed by atoms with Crippen LogP contribution in [0.25, 0.3) is 6.08 Å². The van der Waals surface area contributed by atoms with Gasteiger partial charge in [-0.2, -0.15) is 0 Å². The predicted molar refractivity (Wildman–Crippen MR) is 95.0 cm³/mol. The van der Waals surface area contributed by atoms with E-state index in [-0.39, 0.29) is 22.6 Å². The molecule has 0 spiro atoms. The number of phenolic OH excluding ortho intramolecular Hbond substituents is 1. The Morgan fingerprint density at radius 1 is 1.11 bits per heavy atom. The smallest absolute Gasteiger partial charge is 0.315 e. The molecule has 0 unspecified atom stereocenters. The van der Waals surface area contributed by atoms with Gasteiger partial charge >= 0.3 is 5.69 Å². The Morgan fingerprint density at radius 2 is 1.81 bits per heavy atom. The van der Waals surface area contributed by atoms with Crippen molar-refractivity contribution in [2.75, 3.05) is 7.11 Å². The molecule has 3 rings (SSSR count).